The number of hydrogen-bond acceptors (Lipinski definition) is 4. The van der Waals surface area contributed by atoms with Gasteiger partial charge in [0.15, 0.2) is 0 Å². The van der Waals surface area contributed by atoms with Crippen LogP contribution in [0.1, 0.15) is 12.5 Å². The molecule has 0 spiro atoms. The lowest BCUT2D eigenvalue weighted by Gasteiger charge is -2.32. The van der Waals surface area contributed by atoms with Crippen molar-refractivity contribution in [3.05, 3.63) is 47.1 Å². The summed E-state index contributed by atoms with van der Waals surface area (Å²) in [4.78, 5) is 6.55. The average Bonchev–Trinajstić information content (AvgIpc) is 2.55. The summed E-state index contributed by atoms with van der Waals surface area (Å²) >= 11 is 6.25. The Hall–Kier alpha value is -2.09. The zero-order chi connectivity index (χ0) is 15.5. The van der Waals surface area contributed by atoms with E-state index in [0.29, 0.717) is 12.2 Å². The Balaban J connectivity index is 2.07. The second-order valence-corrected chi connectivity index (χ2v) is 5.66. The lowest BCUT2D eigenvalue weighted by molar-refractivity contribution is 0.0529. The second-order valence-electron chi connectivity index (χ2n) is 5.30. The molecule has 22 heavy (non-hydrogen) atoms. The molecule has 2 heterocycles. The van der Waals surface area contributed by atoms with Gasteiger partial charge in [0.25, 0.3) is 0 Å². The predicted octanol–water partition coefficient (Wildman–Crippen LogP) is 3.50. The summed E-state index contributed by atoms with van der Waals surface area (Å²) in [6, 6.07) is 13.9. The Morgan fingerprint density at radius 1 is 1.36 bits per heavy atom. The monoisotopic (exact) mass is 313 g/mol. The molecule has 2 aromatic rings. The smallest absolute Gasteiger partial charge is 0.149 e. The molecule has 0 saturated carbocycles. The Bertz CT molecular complexity index is 712. The summed E-state index contributed by atoms with van der Waals surface area (Å²) in [6.07, 6.45) is 0.158. The number of rotatable bonds is 2. The highest BCUT2D eigenvalue weighted by Gasteiger charge is 2.21. The molecule has 1 unspecified atom stereocenters. The van der Waals surface area contributed by atoms with E-state index >= 15 is 0 Å². The Labute approximate surface area is 134 Å². The van der Waals surface area contributed by atoms with E-state index in [9.17, 15) is 5.26 Å². The van der Waals surface area contributed by atoms with Gasteiger partial charge in [-0.15, -0.1) is 0 Å². The van der Waals surface area contributed by atoms with Gasteiger partial charge in [-0.2, -0.15) is 5.26 Å². The molecule has 1 saturated heterocycles. The summed E-state index contributed by atoms with van der Waals surface area (Å²) in [7, 11) is 0. The fraction of sp³-hybridized carbons (Fsp3) is 0.294. The van der Waals surface area contributed by atoms with Crippen LogP contribution in [0, 0.1) is 11.3 Å². The quantitative estimate of drug-likeness (QED) is 0.796. The van der Waals surface area contributed by atoms with Gasteiger partial charge in [0.1, 0.15) is 17.0 Å². The highest BCUT2D eigenvalue weighted by molar-refractivity contribution is 6.31. The molecule has 4 nitrogen and oxygen atoms in total. The number of halogens is 1. The topological polar surface area (TPSA) is 49.2 Å². The van der Waals surface area contributed by atoms with Gasteiger partial charge in [0.05, 0.1) is 18.3 Å². The maximum Gasteiger partial charge on any atom is 0.149 e. The SMILES string of the molecule is CC1CN(c2cc(-c3ccccc3)c(C#N)c(Cl)n2)CCO1. The number of benzene rings is 1. The first-order chi connectivity index (χ1) is 10.7. The zero-order valence-corrected chi connectivity index (χ0v) is 13.0. The molecular formula is C17H16ClN3O. The normalized spacial score (nSPS) is 18.0. The average molecular weight is 314 g/mol. The largest absolute Gasteiger partial charge is 0.375 e. The van der Waals surface area contributed by atoms with Crippen LogP contribution in [0.5, 0.6) is 0 Å². The zero-order valence-electron chi connectivity index (χ0n) is 12.3. The van der Waals surface area contributed by atoms with E-state index in [-0.39, 0.29) is 11.3 Å². The standard InChI is InChI=1S/C17H16ClN3O/c1-12-11-21(7-8-22-12)16-9-14(13-5-3-2-4-6-13)15(10-19)17(18)20-16/h2-6,9,12H,7-8,11H2,1H3. The summed E-state index contributed by atoms with van der Waals surface area (Å²) < 4.78 is 5.56. The third-order valence-corrected chi connectivity index (χ3v) is 4.00. The fourth-order valence-electron chi connectivity index (χ4n) is 2.64. The molecule has 1 aromatic carbocycles. The molecule has 5 heteroatoms. The van der Waals surface area contributed by atoms with Crippen molar-refractivity contribution >= 4 is 17.4 Å². The van der Waals surface area contributed by atoms with Gasteiger partial charge in [-0.3, -0.25) is 0 Å². The fourth-order valence-corrected chi connectivity index (χ4v) is 2.87. The van der Waals surface area contributed by atoms with Crippen LogP contribution in [0.4, 0.5) is 5.82 Å². The Morgan fingerprint density at radius 2 is 2.14 bits per heavy atom. The first-order valence-corrected chi connectivity index (χ1v) is 7.59. The first kappa shape index (κ1) is 14.8. The van der Waals surface area contributed by atoms with Crippen molar-refractivity contribution in [3.8, 4) is 17.2 Å². The first-order valence-electron chi connectivity index (χ1n) is 7.21. The minimum Gasteiger partial charge on any atom is -0.375 e. The van der Waals surface area contributed by atoms with Gasteiger partial charge >= 0.3 is 0 Å². The van der Waals surface area contributed by atoms with Crippen molar-refractivity contribution in [2.45, 2.75) is 13.0 Å². The van der Waals surface area contributed by atoms with Gasteiger partial charge in [0.2, 0.25) is 0 Å². The van der Waals surface area contributed by atoms with Gasteiger partial charge in [-0.1, -0.05) is 41.9 Å². The van der Waals surface area contributed by atoms with Gasteiger partial charge in [0, 0.05) is 18.7 Å². The van der Waals surface area contributed by atoms with E-state index in [1.54, 1.807) is 0 Å². The van der Waals surface area contributed by atoms with Crippen LogP contribution in [-0.2, 0) is 4.74 Å². The highest BCUT2D eigenvalue weighted by Crippen LogP contribution is 2.31. The predicted molar refractivity (Wildman–Crippen MR) is 87.0 cm³/mol. The Kier molecular flexibility index (Phi) is 4.28. The molecule has 112 valence electrons. The molecule has 3 rings (SSSR count). The number of nitrogens with zero attached hydrogens (tertiary/aromatic N) is 3. The molecule has 1 aliphatic rings. The van der Waals surface area contributed by atoms with Crippen LogP contribution < -0.4 is 4.90 Å². The third-order valence-electron chi connectivity index (χ3n) is 3.72. The third kappa shape index (κ3) is 2.92. The molecule has 0 N–H and O–H groups in total. The lowest BCUT2D eigenvalue weighted by atomic mass is 10.0. The number of anilines is 1. The Morgan fingerprint density at radius 3 is 2.82 bits per heavy atom. The van der Waals surface area contributed by atoms with Crippen LogP contribution in [0.15, 0.2) is 36.4 Å². The minimum absolute atomic E-state index is 0.158. The van der Waals surface area contributed by atoms with Crippen molar-refractivity contribution in [2.75, 3.05) is 24.6 Å². The number of ether oxygens (including phenoxy) is 1. The molecule has 1 aliphatic heterocycles. The van der Waals surface area contributed by atoms with Gasteiger partial charge in [-0.05, 0) is 18.6 Å². The van der Waals surface area contributed by atoms with E-state index in [1.807, 2.05) is 43.3 Å². The number of morpholine rings is 1. The van der Waals surface area contributed by atoms with Crippen LogP contribution >= 0.6 is 11.6 Å². The van der Waals surface area contributed by atoms with E-state index in [0.717, 1.165) is 30.0 Å². The van der Waals surface area contributed by atoms with E-state index in [4.69, 9.17) is 16.3 Å². The van der Waals surface area contributed by atoms with Crippen LogP contribution in [-0.4, -0.2) is 30.8 Å². The molecule has 0 amide bonds. The minimum atomic E-state index is 0.158. The molecular weight excluding hydrogens is 298 g/mol. The summed E-state index contributed by atoms with van der Waals surface area (Å²) in [6.45, 7) is 4.24. The van der Waals surface area contributed by atoms with Crippen molar-refractivity contribution in [1.29, 1.82) is 5.26 Å². The number of aromatic nitrogens is 1. The number of nitriles is 1. The summed E-state index contributed by atoms with van der Waals surface area (Å²) in [5.74, 6) is 0.790. The van der Waals surface area contributed by atoms with E-state index < -0.39 is 0 Å². The lowest BCUT2D eigenvalue weighted by Crippen LogP contribution is -2.41. The second kappa shape index (κ2) is 6.35. The van der Waals surface area contributed by atoms with E-state index in [2.05, 4.69) is 16.0 Å². The van der Waals surface area contributed by atoms with Crippen LogP contribution in [0.25, 0.3) is 11.1 Å². The van der Waals surface area contributed by atoms with Crippen molar-refractivity contribution < 1.29 is 4.74 Å². The van der Waals surface area contributed by atoms with Crippen molar-refractivity contribution in [2.24, 2.45) is 0 Å². The van der Waals surface area contributed by atoms with Gasteiger partial charge in [-0.25, -0.2) is 4.98 Å². The molecule has 1 fully saturated rings. The van der Waals surface area contributed by atoms with Crippen molar-refractivity contribution in [3.63, 3.8) is 0 Å². The summed E-state index contributed by atoms with van der Waals surface area (Å²) in [5.41, 5.74) is 2.20. The molecule has 1 atom stereocenters. The number of hydrogen-bond donors (Lipinski definition) is 0. The number of pyridine rings is 1. The van der Waals surface area contributed by atoms with Crippen LogP contribution in [0.3, 0.4) is 0 Å². The van der Waals surface area contributed by atoms with Crippen LogP contribution in [0.2, 0.25) is 5.15 Å². The van der Waals surface area contributed by atoms with E-state index in [1.165, 1.54) is 0 Å². The molecule has 1 aromatic heterocycles. The van der Waals surface area contributed by atoms with Gasteiger partial charge < -0.3 is 9.64 Å². The van der Waals surface area contributed by atoms with Crippen molar-refractivity contribution in [1.82, 2.24) is 4.98 Å². The molecule has 0 bridgehead atoms. The summed E-state index contributed by atoms with van der Waals surface area (Å²) in [5, 5.41) is 9.64. The maximum absolute atomic E-state index is 9.40. The molecule has 0 radical (unpaired) electrons. The molecule has 0 aliphatic carbocycles. The highest BCUT2D eigenvalue weighted by atomic mass is 35.5. The maximum atomic E-state index is 9.40.